The molecule has 1 unspecified atom stereocenters. The number of hydrogen-bond acceptors (Lipinski definition) is 2. The van der Waals surface area contributed by atoms with Crippen LogP contribution in [0.3, 0.4) is 0 Å². The molecule has 0 N–H and O–H groups in total. The highest BCUT2D eigenvalue weighted by atomic mass is 79.9. The van der Waals surface area contributed by atoms with Gasteiger partial charge in [0, 0.05) is 29.1 Å². The van der Waals surface area contributed by atoms with Crippen molar-refractivity contribution in [3.63, 3.8) is 0 Å². The number of rotatable bonds is 4. The zero-order chi connectivity index (χ0) is 12.1. The maximum atomic E-state index is 11.9. The molecule has 1 aromatic heterocycles. The number of amides is 1. The van der Waals surface area contributed by atoms with E-state index in [1.165, 1.54) is 0 Å². The molecular formula is C11H14Br2N2O. The van der Waals surface area contributed by atoms with Crippen LogP contribution in [0, 0.1) is 0 Å². The van der Waals surface area contributed by atoms with Crippen LogP contribution in [-0.4, -0.2) is 34.2 Å². The Kier molecular flexibility index (Phi) is 5.41. The van der Waals surface area contributed by atoms with Gasteiger partial charge in [-0.3, -0.25) is 4.79 Å². The van der Waals surface area contributed by atoms with Crippen LogP contribution in [0.15, 0.2) is 22.8 Å². The summed E-state index contributed by atoms with van der Waals surface area (Å²) in [6, 6.07) is 3.54. The van der Waals surface area contributed by atoms with Crippen molar-refractivity contribution < 1.29 is 4.79 Å². The van der Waals surface area contributed by atoms with E-state index in [2.05, 4.69) is 43.8 Å². The molecule has 0 spiro atoms. The molecule has 0 saturated carbocycles. The van der Waals surface area contributed by atoms with Crippen LogP contribution in [0.5, 0.6) is 0 Å². The van der Waals surface area contributed by atoms with E-state index in [0.717, 1.165) is 17.4 Å². The first-order chi connectivity index (χ1) is 7.50. The lowest BCUT2D eigenvalue weighted by atomic mass is 10.3. The molecule has 0 radical (unpaired) electrons. The summed E-state index contributed by atoms with van der Waals surface area (Å²) in [5, 5.41) is 0. The third-order valence-electron chi connectivity index (χ3n) is 2.16. The topological polar surface area (TPSA) is 33.2 Å². The Morgan fingerprint density at radius 3 is 2.75 bits per heavy atom. The molecule has 1 rings (SSSR count). The third kappa shape index (κ3) is 4.22. The minimum absolute atomic E-state index is 0.0411. The van der Waals surface area contributed by atoms with Crippen LogP contribution in [0.4, 0.5) is 0 Å². The molecule has 88 valence electrons. The number of alkyl halides is 1. The Labute approximate surface area is 112 Å². The number of hydrogen-bond donors (Lipinski definition) is 0. The number of carbonyl (C=O) groups is 1. The fourth-order valence-corrected chi connectivity index (χ4v) is 1.61. The second kappa shape index (κ2) is 6.35. The van der Waals surface area contributed by atoms with Crippen molar-refractivity contribution in [2.24, 2.45) is 0 Å². The second-order valence-electron chi connectivity index (χ2n) is 3.66. The molecular weight excluding hydrogens is 336 g/mol. The van der Waals surface area contributed by atoms with Crippen molar-refractivity contribution in [1.82, 2.24) is 9.88 Å². The lowest BCUT2D eigenvalue weighted by molar-refractivity contribution is 0.0788. The monoisotopic (exact) mass is 348 g/mol. The molecule has 5 heteroatoms. The van der Waals surface area contributed by atoms with Gasteiger partial charge in [0.1, 0.15) is 5.69 Å². The maximum Gasteiger partial charge on any atom is 0.272 e. The van der Waals surface area contributed by atoms with Gasteiger partial charge < -0.3 is 4.90 Å². The average molecular weight is 350 g/mol. The molecule has 0 fully saturated rings. The van der Waals surface area contributed by atoms with Gasteiger partial charge in [-0.1, -0.05) is 22.9 Å². The summed E-state index contributed by atoms with van der Waals surface area (Å²) in [5.74, 6) is -0.0411. The maximum absolute atomic E-state index is 11.9. The van der Waals surface area contributed by atoms with E-state index in [1.807, 2.05) is 6.07 Å². The Morgan fingerprint density at radius 2 is 2.25 bits per heavy atom. The van der Waals surface area contributed by atoms with Crippen molar-refractivity contribution in [2.45, 2.75) is 18.2 Å². The molecule has 16 heavy (non-hydrogen) atoms. The van der Waals surface area contributed by atoms with Gasteiger partial charge in [0.25, 0.3) is 5.91 Å². The first-order valence-electron chi connectivity index (χ1n) is 5.02. The molecule has 1 aromatic rings. The van der Waals surface area contributed by atoms with Crippen LogP contribution < -0.4 is 0 Å². The summed E-state index contributed by atoms with van der Waals surface area (Å²) in [4.78, 5) is 18.1. The van der Waals surface area contributed by atoms with Gasteiger partial charge in [0.2, 0.25) is 0 Å². The van der Waals surface area contributed by atoms with Crippen molar-refractivity contribution in [2.75, 3.05) is 13.6 Å². The molecule has 1 heterocycles. The van der Waals surface area contributed by atoms with E-state index >= 15 is 0 Å². The van der Waals surface area contributed by atoms with Crippen LogP contribution in [-0.2, 0) is 0 Å². The lowest BCUT2D eigenvalue weighted by Crippen LogP contribution is -2.29. The van der Waals surface area contributed by atoms with Gasteiger partial charge in [0.05, 0.1) is 0 Å². The molecule has 0 bridgehead atoms. The largest absolute Gasteiger partial charge is 0.340 e. The summed E-state index contributed by atoms with van der Waals surface area (Å²) < 4.78 is 0.876. The van der Waals surface area contributed by atoms with Crippen molar-refractivity contribution in [3.05, 3.63) is 28.5 Å². The summed E-state index contributed by atoms with van der Waals surface area (Å²) in [7, 11) is 1.79. The Balaban J connectivity index is 2.60. The first-order valence-corrected chi connectivity index (χ1v) is 6.72. The van der Waals surface area contributed by atoms with Gasteiger partial charge in [-0.05, 0) is 34.5 Å². The molecule has 0 saturated heterocycles. The summed E-state index contributed by atoms with van der Waals surface area (Å²) in [5.41, 5.74) is 0.480. The van der Waals surface area contributed by atoms with E-state index in [-0.39, 0.29) is 5.91 Å². The van der Waals surface area contributed by atoms with Crippen molar-refractivity contribution in [3.8, 4) is 0 Å². The molecule has 0 aliphatic heterocycles. The summed E-state index contributed by atoms with van der Waals surface area (Å²) >= 11 is 6.75. The van der Waals surface area contributed by atoms with Crippen molar-refractivity contribution in [1.29, 1.82) is 0 Å². The fraction of sp³-hybridized carbons (Fsp3) is 0.455. The Bertz CT molecular complexity index is 352. The summed E-state index contributed by atoms with van der Waals surface area (Å²) in [6.45, 7) is 2.79. The summed E-state index contributed by atoms with van der Waals surface area (Å²) in [6.07, 6.45) is 2.56. The Morgan fingerprint density at radius 1 is 1.56 bits per heavy atom. The van der Waals surface area contributed by atoms with Gasteiger partial charge in [-0.2, -0.15) is 0 Å². The Hall–Kier alpha value is -0.420. The molecule has 0 aromatic carbocycles. The van der Waals surface area contributed by atoms with Crippen LogP contribution in [0.2, 0.25) is 0 Å². The van der Waals surface area contributed by atoms with E-state index in [9.17, 15) is 4.79 Å². The lowest BCUT2D eigenvalue weighted by Gasteiger charge is -2.17. The number of carbonyl (C=O) groups excluding carboxylic acids is 1. The van der Waals surface area contributed by atoms with Gasteiger partial charge in [-0.25, -0.2) is 4.98 Å². The van der Waals surface area contributed by atoms with E-state index in [1.54, 1.807) is 24.2 Å². The fourth-order valence-electron chi connectivity index (χ4n) is 1.17. The zero-order valence-corrected chi connectivity index (χ0v) is 12.5. The van der Waals surface area contributed by atoms with Crippen LogP contribution in [0.25, 0.3) is 0 Å². The van der Waals surface area contributed by atoms with Crippen LogP contribution >= 0.6 is 31.9 Å². The SMILES string of the molecule is CC(Br)CCN(C)C(=O)c1ccc(Br)cn1. The number of aromatic nitrogens is 1. The highest BCUT2D eigenvalue weighted by Gasteiger charge is 2.12. The zero-order valence-electron chi connectivity index (χ0n) is 9.28. The van der Waals surface area contributed by atoms with E-state index < -0.39 is 0 Å². The van der Waals surface area contributed by atoms with E-state index in [0.29, 0.717) is 10.5 Å². The number of nitrogens with zero attached hydrogens (tertiary/aromatic N) is 2. The molecule has 1 atom stereocenters. The van der Waals surface area contributed by atoms with Gasteiger partial charge in [-0.15, -0.1) is 0 Å². The number of pyridine rings is 1. The highest BCUT2D eigenvalue weighted by Crippen LogP contribution is 2.10. The highest BCUT2D eigenvalue weighted by molar-refractivity contribution is 9.10. The quantitative estimate of drug-likeness (QED) is 0.782. The average Bonchev–Trinajstić information content (AvgIpc) is 2.26. The first kappa shape index (κ1) is 13.6. The predicted molar refractivity (Wildman–Crippen MR) is 71.9 cm³/mol. The van der Waals surface area contributed by atoms with E-state index in [4.69, 9.17) is 0 Å². The molecule has 3 nitrogen and oxygen atoms in total. The smallest absolute Gasteiger partial charge is 0.272 e. The van der Waals surface area contributed by atoms with Crippen LogP contribution in [0.1, 0.15) is 23.8 Å². The van der Waals surface area contributed by atoms with Gasteiger partial charge >= 0.3 is 0 Å². The molecule has 1 amide bonds. The van der Waals surface area contributed by atoms with Gasteiger partial charge in [0.15, 0.2) is 0 Å². The normalized spacial score (nSPS) is 12.2. The van der Waals surface area contributed by atoms with Crippen molar-refractivity contribution >= 4 is 37.8 Å². The minimum atomic E-state index is -0.0411. The number of halogens is 2. The second-order valence-corrected chi connectivity index (χ2v) is 6.14. The third-order valence-corrected chi connectivity index (χ3v) is 3.08. The standard InChI is InChI=1S/C11H14Br2N2O/c1-8(12)5-6-15(2)11(16)10-4-3-9(13)7-14-10/h3-4,7-8H,5-6H2,1-2H3. The molecule has 0 aliphatic rings. The predicted octanol–water partition coefficient (Wildman–Crippen LogP) is 3.09. The minimum Gasteiger partial charge on any atom is -0.340 e. The molecule has 0 aliphatic carbocycles.